The standard InChI is InChI=1S/C35H44N4O4/c1-6-8-14-32-38-29-20-19-27(37-23-33(40)36-21-9-7-2)22-30(29)39(32)24-25-15-17-26(18-16-25)28-12-10-11-13-31(28)42-34(41)43-35(3,4)5/h10-13,15-20,22,37H,6-9,14,21,23-24H2,1-5H3,(H,36,40). The van der Waals surface area contributed by atoms with Gasteiger partial charge >= 0.3 is 6.16 Å². The topological polar surface area (TPSA) is 94.5 Å². The van der Waals surface area contributed by atoms with Crippen molar-refractivity contribution < 1.29 is 19.1 Å². The Morgan fingerprint density at radius 2 is 1.67 bits per heavy atom. The molecule has 4 rings (SSSR count). The maximum absolute atomic E-state index is 12.3. The summed E-state index contributed by atoms with van der Waals surface area (Å²) in [6.45, 7) is 11.3. The number of nitrogens with one attached hydrogen (secondary N) is 2. The lowest BCUT2D eigenvalue weighted by molar-refractivity contribution is -0.119. The van der Waals surface area contributed by atoms with Gasteiger partial charge in [-0.3, -0.25) is 4.79 Å². The second kappa shape index (κ2) is 14.7. The zero-order valence-electron chi connectivity index (χ0n) is 26.0. The Kier molecular flexibility index (Phi) is 10.8. The van der Waals surface area contributed by atoms with Crippen LogP contribution in [0.4, 0.5) is 10.5 Å². The fourth-order valence-corrected chi connectivity index (χ4v) is 4.76. The molecule has 0 saturated carbocycles. The SMILES string of the molecule is CCCCNC(=O)CNc1ccc2nc(CCCC)n(Cc3ccc(-c4ccccc4OC(=O)OC(C)(C)C)cc3)c2c1. The molecule has 0 atom stereocenters. The molecule has 228 valence electrons. The number of carbonyl (C=O) groups is 2. The summed E-state index contributed by atoms with van der Waals surface area (Å²) in [5.41, 5.74) is 5.09. The number of carbonyl (C=O) groups excluding carboxylic acids is 2. The zero-order valence-corrected chi connectivity index (χ0v) is 26.0. The predicted molar refractivity (Wildman–Crippen MR) is 173 cm³/mol. The monoisotopic (exact) mass is 584 g/mol. The highest BCUT2D eigenvalue weighted by atomic mass is 16.7. The summed E-state index contributed by atoms with van der Waals surface area (Å²) in [7, 11) is 0. The molecule has 8 heteroatoms. The highest BCUT2D eigenvalue weighted by Crippen LogP contribution is 2.31. The van der Waals surface area contributed by atoms with Gasteiger partial charge in [-0.05, 0) is 69.0 Å². The summed E-state index contributed by atoms with van der Waals surface area (Å²) in [5, 5.41) is 6.22. The molecule has 0 unspecified atom stereocenters. The number of aromatic nitrogens is 2. The minimum atomic E-state index is -0.728. The average Bonchev–Trinajstić information content (AvgIpc) is 3.31. The minimum Gasteiger partial charge on any atom is -0.428 e. The van der Waals surface area contributed by atoms with E-state index in [1.807, 2.05) is 42.5 Å². The van der Waals surface area contributed by atoms with Gasteiger partial charge in [-0.1, -0.05) is 69.2 Å². The summed E-state index contributed by atoms with van der Waals surface area (Å²) in [6.07, 6.45) is 4.33. The maximum atomic E-state index is 12.3. The van der Waals surface area contributed by atoms with Crippen LogP contribution in [0.2, 0.25) is 0 Å². The van der Waals surface area contributed by atoms with E-state index in [-0.39, 0.29) is 12.5 Å². The van der Waals surface area contributed by atoms with Gasteiger partial charge in [0.2, 0.25) is 5.91 Å². The Balaban J connectivity index is 1.54. The number of rotatable bonds is 13. The molecule has 8 nitrogen and oxygen atoms in total. The lowest BCUT2D eigenvalue weighted by Gasteiger charge is -2.19. The number of hydrogen-bond donors (Lipinski definition) is 2. The summed E-state index contributed by atoms with van der Waals surface area (Å²) < 4.78 is 13.2. The normalized spacial score (nSPS) is 11.4. The van der Waals surface area contributed by atoms with Crippen LogP contribution in [0.5, 0.6) is 5.75 Å². The van der Waals surface area contributed by atoms with Crippen LogP contribution >= 0.6 is 0 Å². The first kappa shape index (κ1) is 31.6. The van der Waals surface area contributed by atoms with Crippen molar-refractivity contribution in [2.45, 2.75) is 78.9 Å². The molecule has 3 aromatic carbocycles. The number of unbranched alkanes of at least 4 members (excludes halogenated alkanes) is 2. The number of fused-ring (bicyclic) bond motifs is 1. The third-order valence-corrected chi connectivity index (χ3v) is 6.96. The van der Waals surface area contributed by atoms with Gasteiger partial charge in [0.15, 0.2) is 0 Å². The van der Waals surface area contributed by atoms with E-state index < -0.39 is 11.8 Å². The van der Waals surface area contributed by atoms with Crippen molar-refractivity contribution in [3.8, 4) is 16.9 Å². The highest BCUT2D eigenvalue weighted by Gasteiger charge is 2.20. The van der Waals surface area contributed by atoms with Crippen molar-refractivity contribution in [1.29, 1.82) is 0 Å². The lowest BCUT2D eigenvalue weighted by atomic mass is 10.0. The summed E-state index contributed by atoms with van der Waals surface area (Å²) in [5.74, 6) is 1.49. The van der Waals surface area contributed by atoms with Crippen LogP contribution in [0.15, 0.2) is 66.7 Å². The fraction of sp³-hybridized carbons (Fsp3) is 0.400. The molecule has 1 heterocycles. The van der Waals surface area contributed by atoms with Crippen LogP contribution in [-0.4, -0.2) is 40.3 Å². The van der Waals surface area contributed by atoms with Gasteiger partial charge < -0.3 is 24.7 Å². The number of imidazole rings is 1. The van der Waals surface area contributed by atoms with Gasteiger partial charge in [0.1, 0.15) is 17.2 Å². The molecule has 0 saturated heterocycles. The Labute approximate surface area is 254 Å². The third kappa shape index (κ3) is 9.08. The first-order valence-electron chi connectivity index (χ1n) is 15.3. The van der Waals surface area contributed by atoms with Gasteiger partial charge in [0.05, 0.1) is 17.6 Å². The van der Waals surface area contributed by atoms with E-state index in [1.54, 1.807) is 26.8 Å². The number of amides is 1. The van der Waals surface area contributed by atoms with Crippen molar-refractivity contribution in [2.75, 3.05) is 18.4 Å². The second-order valence-electron chi connectivity index (χ2n) is 11.7. The van der Waals surface area contributed by atoms with E-state index in [0.29, 0.717) is 18.8 Å². The fourth-order valence-electron chi connectivity index (χ4n) is 4.76. The lowest BCUT2D eigenvalue weighted by Crippen LogP contribution is -2.30. The molecule has 43 heavy (non-hydrogen) atoms. The van der Waals surface area contributed by atoms with E-state index >= 15 is 0 Å². The molecular weight excluding hydrogens is 540 g/mol. The molecule has 4 aromatic rings. The number of ether oxygens (including phenoxy) is 2. The first-order chi connectivity index (χ1) is 20.7. The molecule has 0 radical (unpaired) electrons. The molecule has 0 aliphatic carbocycles. The van der Waals surface area contributed by atoms with Crippen LogP contribution in [0.1, 0.15) is 71.7 Å². The molecule has 0 bridgehead atoms. The third-order valence-electron chi connectivity index (χ3n) is 6.96. The van der Waals surface area contributed by atoms with Gasteiger partial charge in [0.25, 0.3) is 0 Å². The van der Waals surface area contributed by atoms with Gasteiger partial charge in [0, 0.05) is 30.8 Å². The van der Waals surface area contributed by atoms with E-state index in [2.05, 4.69) is 47.2 Å². The van der Waals surface area contributed by atoms with Gasteiger partial charge in [-0.2, -0.15) is 0 Å². The van der Waals surface area contributed by atoms with Crippen molar-refractivity contribution in [1.82, 2.24) is 14.9 Å². The summed E-state index contributed by atoms with van der Waals surface area (Å²) in [6, 6.07) is 21.8. The molecule has 2 N–H and O–H groups in total. The van der Waals surface area contributed by atoms with Crippen LogP contribution in [0.3, 0.4) is 0 Å². The Morgan fingerprint density at radius 3 is 2.40 bits per heavy atom. The minimum absolute atomic E-state index is 0.0103. The quantitative estimate of drug-likeness (QED) is 0.0949. The van der Waals surface area contributed by atoms with E-state index in [0.717, 1.165) is 71.3 Å². The molecule has 0 aliphatic heterocycles. The smallest absolute Gasteiger partial charge is 0.428 e. The zero-order chi connectivity index (χ0) is 30.8. The second-order valence-corrected chi connectivity index (χ2v) is 11.7. The number of aryl methyl sites for hydroxylation is 1. The van der Waals surface area contributed by atoms with E-state index in [9.17, 15) is 9.59 Å². The van der Waals surface area contributed by atoms with Crippen LogP contribution in [0, 0.1) is 0 Å². The van der Waals surface area contributed by atoms with Gasteiger partial charge in [-0.15, -0.1) is 0 Å². The van der Waals surface area contributed by atoms with Crippen molar-refractivity contribution in [3.63, 3.8) is 0 Å². The molecular formula is C35H44N4O4. The Bertz CT molecular complexity index is 1520. The largest absolute Gasteiger partial charge is 0.514 e. The number of anilines is 1. The Morgan fingerprint density at radius 1 is 0.930 bits per heavy atom. The molecule has 0 fully saturated rings. The number of hydrogen-bond acceptors (Lipinski definition) is 6. The van der Waals surface area contributed by atoms with Crippen LogP contribution in [-0.2, 0) is 22.5 Å². The number of para-hydroxylation sites is 1. The molecule has 1 amide bonds. The van der Waals surface area contributed by atoms with Crippen LogP contribution < -0.4 is 15.4 Å². The summed E-state index contributed by atoms with van der Waals surface area (Å²) in [4.78, 5) is 29.5. The van der Waals surface area contributed by atoms with Gasteiger partial charge in [-0.25, -0.2) is 9.78 Å². The maximum Gasteiger partial charge on any atom is 0.514 e. The molecule has 0 aliphatic rings. The van der Waals surface area contributed by atoms with Crippen LogP contribution in [0.25, 0.3) is 22.2 Å². The predicted octanol–water partition coefficient (Wildman–Crippen LogP) is 7.74. The van der Waals surface area contributed by atoms with Crippen molar-refractivity contribution in [3.05, 3.63) is 78.1 Å². The van der Waals surface area contributed by atoms with E-state index in [1.165, 1.54) is 0 Å². The summed E-state index contributed by atoms with van der Waals surface area (Å²) >= 11 is 0. The molecule has 1 aromatic heterocycles. The van der Waals surface area contributed by atoms with Crippen molar-refractivity contribution in [2.24, 2.45) is 0 Å². The molecule has 0 spiro atoms. The highest BCUT2D eigenvalue weighted by molar-refractivity contribution is 5.84. The average molecular weight is 585 g/mol. The first-order valence-corrected chi connectivity index (χ1v) is 15.3. The van der Waals surface area contributed by atoms with Crippen molar-refractivity contribution >= 4 is 28.8 Å². The van der Waals surface area contributed by atoms with E-state index in [4.69, 9.17) is 14.5 Å². The Hall–Kier alpha value is -4.33. The number of benzene rings is 3. The number of nitrogens with zero attached hydrogens (tertiary/aromatic N) is 2.